The number of nitrogens with zero attached hydrogens (tertiary/aromatic N) is 5. The fourth-order valence-corrected chi connectivity index (χ4v) is 4.56. The van der Waals surface area contributed by atoms with E-state index in [1.54, 1.807) is 0 Å². The van der Waals surface area contributed by atoms with Gasteiger partial charge in [-0.05, 0) is 31.5 Å². The lowest BCUT2D eigenvalue weighted by atomic mass is 10.1. The number of thioether (sulfide) groups is 1. The van der Waals surface area contributed by atoms with Crippen LogP contribution in [-0.2, 0) is 11.3 Å². The van der Waals surface area contributed by atoms with Gasteiger partial charge < -0.3 is 14.4 Å². The number of hydrogen-bond acceptors (Lipinski definition) is 5. The Morgan fingerprint density at radius 1 is 0.875 bits per heavy atom. The van der Waals surface area contributed by atoms with Crippen molar-refractivity contribution in [3.05, 3.63) is 77.1 Å². The van der Waals surface area contributed by atoms with Crippen LogP contribution in [0.4, 0.5) is 0 Å². The summed E-state index contributed by atoms with van der Waals surface area (Å²) in [5.41, 5.74) is 2.99. The molecule has 1 fully saturated rings. The van der Waals surface area contributed by atoms with Gasteiger partial charge in [-0.25, -0.2) is 0 Å². The molecule has 0 atom stereocenters. The monoisotopic (exact) mass is 449 g/mol. The highest BCUT2D eigenvalue weighted by molar-refractivity contribution is 7.99. The molecule has 2 heterocycles. The average Bonchev–Trinajstić information content (AvgIpc) is 3.17. The molecule has 0 bridgehead atoms. The number of benzene rings is 2. The predicted molar refractivity (Wildman–Crippen MR) is 125 cm³/mol. The molecule has 32 heavy (non-hydrogen) atoms. The Hall–Kier alpha value is -3.13. The first-order valence-electron chi connectivity index (χ1n) is 10.7. The van der Waals surface area contributed by atoms with Crippen molar-refractivity contribution in [2.75, 3.05) is 31.9 Å². The molecule has 7 nitrogen and oxygen atoms in total. The summed E-state index contributed by atoms with van der Waals surface area (Å²) in [5, 5.41) is 9.19. The van der Waals surface area contributed by atoms with Gasteiger partial charge in [0.1, 0.15) is 5.82 Å². The zero-order valence-corrected chi connectivity index (χ0v) is 19.2. The number of carbonyl (C=O) groups is 2. The van der Waals surface area contributed by atoms with Crippen LogP contribution >= 0.6 is 11.8 Å². The number of amides is 2. The molecule has 0 N–H and O–H groups in total. The van der Waals surface area contributed by atoms with E-state index in [0.717, 1.165) is 22.1 Å². The van der Waals surface area contributed by atoms with Gasteiger partial charge in [0.2, 0.25) is 5.91 Å². The van der Waals surface area contributed by atoms with Gasteiger partial charge in [-0.15, -0.1) is 10.2 Å². The molecule has 166 valence electrons. The Bertz CT molecular complexity index is 1070. The predicted octanol–water partition coefficient (Wildman–Crippen LogP) is 3.02. The standard InChI is InChI=1S/C24H27N5O2S/c1-18-8-10-21(11-9-18)23(31)28-14-12-27(13-15-28)22(30)17-32-24-26-25-19(2)29(24)16-20-6-4-3-5-7-20/h3-11H,12-17H2,1-2H3. The van der Waals surface area contributed by atoms with E-state index in [-0.39, 0.29) is 11.8 Å². The number of aromatic nitrogens is 3. The van der Waals surface area contributed by atoms with E-state index in [4.69, 9.17) is 0 Å². The third-order valence-electron chi connectivity index (χ3n) is 5.63. The number of piperazine rings is 1. The van der Waals surface area contributed by atoms with Gasteiger partial charge in [0.05, 0.1) is 12.3 Å². The molecule has 2 aromatic carbocycles. The van der Waals surface area contributed by atoms with Crippen LogP contribution in [0.1, 0.15) is 27.3 Å². The van der Waals surface area contributed by atoms with Crippen molar-refractivity contribution >= 4 is 23.6 Å². The third kappa shape index (κ3) is 5.19. The second-order valence-corrected chi connectivity index (χ2v) is 8.87. The Labute approximate surface area is 192 Å². The quantitative estimate of drug-likeness (QED) is 0.541. The summed E-state index contributed by atoms with van der Waals surface area (Å²) in [6, 6.07) is 17.8. The van der Waals surface area contributed by atoms with Gasteiger partial charge in [-0.3, -0.25) is 9.59 Å². The first-order chi connectivity index (χ1) is 15.5. The zero-order chi connectivity index (χ0) is 22.5. The van der Waals surface area contributed by atoms with Crippen LogP contribution in [0, 0.1) is 13.8 Å². The minimum absolute atomic E-state index is 0.0240. The second-order valence-electron chi connectivity index (χ2n) is 7.93. The van der Waals surface area contributed by atoms with Crippen molar-refractivity contribution in [1.82, 2.24) is 24.6 Å². The largest absolute Gasteiger partial charge is 0.338 e. The molecule has 3 aromatic rings. The number of carbonyl (C=O) groups excluding carboxylic acids is 2. The highest BCUT2D eigenvalue weighted by atomic mass is 32.2. The molecule has 0 spiro atoms. The summed E-state index contributed by atoms with van der Waals surface area (Å²) in [6.07, 6.45) is 0. The molecule has 1 aliphatic heterocycles. The van der Waals surface area contributed by atoms with Crippen molar-refractivity contribution in [3.63, 3.8) is 0 Å². The number of hydrogen-bond donors (Lipinski definition) is 0. The fraction of sp³-hybridized carbons (Fsp3) is 0.333. The first kappa shape index (κ1) is 22.1. The maximum Gasteiger partial charge on any atom is 0.253 e. The maximum atomic E-state index is 12.8. The topological polar surface area (TPSA) is 71.3 Å². The minimum atomic E-state index is 0.0240. The van der Waals surface area contributed by atoms with Gasteiger partial charge in [0, 0.05) is 31.7 Å². The molecular weight excluding hydrogens is 422 g/mol. The van der Waals surface area contributed by atoms with Crippen molar-refractivity contribution in [2.24, 2.45) is 0 Å². The van der Waals surface area contributed by atoms with E-state index in [0.29, 0.717) is 44.0 Å². The SMILES string of the molecule is Cc1ccc(C(=O)N2CCN(C(=O)CSc3nnc(C)n3Cc3ccccc3)CC2)cc1. The lowest BCUT2D eigenvalue weighted by Gasteiger charge is -2.34. The minimum Gasteiger partial charge on any atom is -0.338 e. The zero-order valence-electron chi connectivity index (χ0n) is 18.4. The summed E-state index contributed by atoms with van der Waals surface area (Å²) in [7, 11) is 0. The van der Waals surface area contributed by atoms with Crippen LogP contribution in [0.25, 0.3) is 0 Å². The third-order valence-corrected chi connectivity index (χ3v) is 6.58. The summed E-state index contributed by atoms with van der Waals surface area (Å²) in [4.78, 5) is 29.1. The first-order valence-corrected chi connectivity index (χ1v) is 11.7. The molecule has 0 saturated carbocycles. The molecule has 8 heteroatoms. The lowest BCUT2D eigenvalue weighted by Crippen LogP contribution is -2.51. The normalized spacial score (nSPS) is 13.9. The Balaban J connectivity index is 1.30. The van der Waals surface area contributed by atoms with E-state index in [2.05, 4.69) is 22.3 Å². The summed E-state index contributed by atoms with van der Waals surface area (Å²) >= 11 is 1.41. The Morgan fingerprint density at radius 3 is 2.22 bits per heavy atom. The molecule has 1 saturated heterocycles. The molecule has 1 aromatic heterocycles. The number of rotatable bonds is 6. The van der Waals surface area contributed by atoms with E-state index in [1.807, 2.05) is 70.7 Å². The molecule has 1 aliphatic rings. The molecule has 0 radical (unpaired) electrons. The average molecular weight is 450 g/mol. The van der Waals surface area contributed by atoms with Crippen LogP contribution < -0.4 is 0 Å². The van der Waals surface area contributed by atoms with Gasteiger partial charge in [-0.1, -0.05) is 59.8 Å². The van der Waals surface area contributed by atoms with Crippen molar-refractivity contribution in [2.45, 2.75) is 25.5 Å². The number of aryl methyl sites for hydroxylation is 2. The second kappa shape index (κ2) is 9.99. The van der Waals surface area contributed by atoms with Crippen LogP contribution in [0.15, 0.2) is 59.8 Å². The molecule has 2 amide bonds. The van der Waals surface area contributed by atoms with Gasteiger partial charge >= 0.3 is 0 Å². The van der Waals surface area contributed by atoms with E-state index >= 15 is 0 Å². The van der Waals surface area contributed by atoms with Gasteiger partial charge in [0.25, 0.3) is 5.91 Å². The summed E-state index contributed by atoms with van der Waals surface area (Å²) in [5.74, 6) is 1.21. The van der Waals surface area contributed by atoms with Crippen LogP contribution in [0.5, 0.6) is 0 Å². The highest BCUT2D eigenvalue weighted by Crippen LogP contribution is 2.20. The molecule has 4 rings (SSSR count). The van der Waals surface area contributed by atoms with Crippen LogP contribution in [0.2, 0.25) is 0 Å². The van der Waals surface area contributed by atoms with Crippen LogP contribution in [0.3, 0.4) is 0 Å². The molecule has 0 aliphatic carbocycles. The summed E-state index contributed by atoms with van der Waals surface area (Å²) < 4.78 is 2.03. The van der Waals surface area contributed by atoms with E-state index in [1.165, 1.54) is 11.8 Å². The lowest BCUT2D eigenvalue weighted by molar-refractivity contribution is -0.129. The molecular formula is C24H27N5O2S. The Kier molecular flexibility index (Phi) is 6.90. The van der Waals surface area contributed by atoms with E-state index < -0.39 is 0 Å². The molecule has 0 unspecified atom stereocenters. The van der Waals surface area contributed by atoms with Crippen LogP contribution in [-0.4, -0.2) is 68.3 Å². The smallest absolute Gasteiger partial charge is 0.253 e. The van der Waals surface area contributed by atoms with Crippen molar-refractivity contribution in [3.8, 4) is 0 Å². The van der Waals surface area contributed by atoms with Gasteiger partial charge in [0.15, 0.2) is 5.16 Å². The van der Waals surface area contributed by atoms with Gasteiger partial charge in [-0.2, -0.15) is 0 Å². The summed E-state index contributed by atoms with van der Waals surface area (Å²) in [6.45, 7) is 6.79. The maximum absolute atomic E-state index is 12.8. The van der Waals surface area contributed by atoms with Crippen molar-refractivity contribution in [1.29, 1.82) is 0 Å². The fourth-order valence-electron chi connectivity index (χ4n) is 3.67. The van der Waals surface area contributed by atoms with E-state index in [9.17, 15) is 9.59 Å². The van der Waals surface area contributed by atoms with Crippen molar-refractivity contribution < 1.29 is 9.59 Å². The highest BCUT2D eigenvalue weighted by Gasteiger charge is 2.25. The Morgan fingerprint density at radius 2 is 1.53 bits per heavy atom.